The third-order valence-electron chi connectivity index (χ3n) is 0. The molecule has 0 aliphatic carbocycles. The molecule has 0 rings (SSSR count). The van der Waals surface area contributed by atoms with E-state index in [1.54, 1.807) is 0 Å². The molecule has 19 heteroatoms. The summed E-state index contributed by atoms with van der Waals surface area (Å²) >= 11 is 0. The molecule has 122 valence electrons. The standard InChI is InChI=1S/3H3O4P.H3O3P/c3*1-5(2,3)4;1-4(2)3/h3*(H3,1,2,3,4);1-3H. The Labute approximate surface area is 105 Å². The summed E-state index contributed by atoms with van der Waals surface area (Å²) in [5, 5.41) is 0. The average Bonchev–Trinajstić information content (AvgIpc) is 1.66. The van der Waals surface area contributed by atoms with E-state index in [1.807, 2.05) is 0 Å². The first kappa shape index (κ1) is 27.9. The minimum atomic E-state index is -4.64. The van der Waals surface area contributed by atoms with Gasteiger partial charge in [-0.3, -0.25) is 0 Å². The van der Waals surface area contributed by atoms with Gasteiger partial charge in [0.15, 0.2) is 0 Å². The molecule has 0 aromatic rings. The Bertz CT molecular complexity index is 234. The van der Waals surface area contributed by atoms with Crippen LogP contribution in [0.5, 0.6) is 0 Å². The van der Waals surface area contributed by atoms with Crippen LogP contribution in [0.2, 0.25) is 0 Å². The minimum Gasteiger partial charge on any atom is -0.328 e. The summed E-state index contributed by atoms with van der Waals surface area (Å²) in [6, 6.07) is 0. The van der Waals surface area contributed by atoms with Gasteiger partial charge in [0.2, 0.25) is 0 Å². The topological polar surface area (TPSA) is 294 Å². The van der Waals surface area contributed by atoms with Gasteiger partial charge in [-0.15, -0.1) is 0 Å². The van der Waals surface area contributed by atoms with Crippen molar-refractivity contribution >= 4 is 32.1 Å². The van der Waals surface area contributed by atoms with Gasteiger partial charge in [0.25, 0.3) is 0 Å². The first-order chi connectivity index (χ1) is 7.73. The monoisotopic (exact) mass is 376 g/mol. The van der Waals surface area contributed by atoms with Gasteiger partial charge in [0.05, 0.1) is 0 Å². The lowest BCUT2D eigenvalue weighted by Crippen LogP contribution is -1.66. The molecule has 15 nitrogen and oxygen atoms in total. The van der Waals surface area contributed by atoms with E-state index in [1.165, 1.54) is 0 Å². The van der Waals surface area contributed by atoms with Gasteiger partial charge in [-0.05, 0) is 0 Å². The fraction of sp³-hybridized carbons (Fsp3) is 0. The van der Waals surface area contributed by atoms with E-state index in [2.05, 4.69) is 0 Å². The second-order valence-electron chi connectivity index (χ2n) is 1.81. The fourth-order valence-corrected chi connectivity index (χ4v) is 0. The molecule has 0 aromatic heterocycles. The van der Waals surface area contributed by atoms with Crippen molar-refractivity contribution < 1.29 is 72.4 Å². The lowest BCUT2D eigenvalue weighted by Gasteiger charge is -1.82. The van der Waals surface area contributed by atoms with Crippen LogP contribution >= 0.6 is 32.1 Å². The molecule has 0 spiro atoms. The Morgan fingerprint density at radius 3 is 0.474 bits per heavy atom. The maximum Gasteiger partial charge on any atom is 0.466 e. The zero-order valence-corrected chi connectivity index (χ0v) is 12.0. The van der Waals surface area contributed by atoms with Crippen LogP contribution in [-0.2, 0) is 13.7 Å². The second kappa shape index (κ2) is 12.4. The van der Waals surface area contributed by atoms with E-state index in [0.29, 0.717) is 0 Å². The van der Waals surface area contributed by atoms with Crippen molar-refractivity contribution in [1.29, 1.82) is 0 Å². The van der Waals surface area contributed by atoms with Gasteiger partial charge in [-0.1, -0.05) is 0 Å². The quantitative estimate of drug-likeness (QED) is 0.182. The normalized spacial score (nSPS) is 11.2. The van der Waals surface area contributed by atoms with E-state index in [-0.39, 0.29) is 0 Å². The lowest BCUT2D eigenvalue weighted by atomic mass is 15.8. The van der Waals surface area contributed by atoms with Crippen LogP contribution in [0.15, 0.2) is 0 Å². The van der Waals surface area contributed by atoms with Crippen molar-refractivity contribution in [3.05, 3.63) is 0 Å². The summed E-state index contributed by atoms with van der Waals surface area (Å²) in [5.74, 6) is 0. The summed E-state index contributed by atoms with van der Waals surface area (Å²) in [6.45, 7) is 0. The van der Waals surface area contributed by atoms with Crippen LogP contribution in [0.4, 0.5) is 0 Å². The van der Waals surface area contributed by atoms with Gasteiger partial charge >= 0.3 is 32.1 Å². The summed E-state index contributed by atoms with van der Waals surface area (Å²) in [7, 11) is -16.5. The van der Waals surface area contributed by atoms with Crippen LogP contribution in [0.1, 0.15) is 0 Å². The van der Waals surface area contributed by atoms with Crippen LogP contribution in [-0.4, -0.2) is 58.7 Å². The van der Waals surface area contributed by atoms with Crippen molar-refractivity contribution in [2.24, 2.45) is 0 Å². The van der Waals surface area contributed by atoms with Crippen LogP contribution in [0.25, 0.3) is 0 Å². The SMILES string of the molecule is O=P(O)(O)O.O=P(O)(O)O.O=P(O)(O)O.OP(O)O. The van der Waals surface area contributed by atoms with E-state index >= 15 is 0 Å². The van der Waals surface area contributed by atoms with Crippen LogP contribution in [0, 0.1) is 0 Å². The molecule has 0 unspecified atom stereocenters. The molecule has 0 atom stereocenters. The molecule has 0 aliphatic rings. The summed E-state index contributed by atoms with van der Waals surface area (Å²) in [5.41, 5.74) is 0. The number of hydrogen-bond acceptors (Lipinski definition) is 6. The number of rotatable bonds is 0. The van der Waals surface area contributed by atoms with Crippen LogP contribution < -0.4 is 0 Å². The maximum absolute atomic E-state index is 8.88. The highest BCUT2D eigenvalue weighted by atomic mass is 31.2. The van der Waals surface area contributed by atoms with Gasteiger partial charge in [0, 0.05) is 0 Å². The zero-order valence-electron chi connectivity index (χ0n) is 8.38. The summed E-state index contributed by atoms with van der Waals surface area (Å²) < 4.78 is 26.6. The van der Waals surface area contributed by atoms with E-state index < -0.39 is 32.1 Å². The van der Waals surface area contributed by atoms with Crippen molar-refractivity contribution in [3.8, 4) is 0 Å². The molecule has 0 aromatic carbocycles. The fourth-order valence-electron chi connectivity index (χ4n) is 0. The van der Waals surface area contributed by atoms with E-state index in [9.17, 15) is 0 Å². The minimum absolute atomic E-state index is 2.62. The molecule has 0 heterocycles. The van der Waals surface area contributed by atoms with Crippen molar-refractivity contribution in [2.45, 2.75) is 0 Å². The molecule has 0 bridgehead atoms. The Balaban J connectivity index is -0.0000000793. The Kier molecular flexibility index (Phi) is 18.2. The molecular weight excluding hydrogens is 364 g/mol. The van der Waals surface area contributed by atoms with Crippen molar-refractivity contribution in [1.82, 2.24) is 0 Å². The molecule has 19 heavy (non-hydrogen) atoms. The number of hydrogen-bond donors (Lipinski definition) is 12. The summed E-state index contributed by atoms with van der Waals surface area (Å²) in [6.07, 6.45) is 0. The molecule has 0 radical (unpaired) electrons. The molecule has 0 aliphatic heterocycles. The smallest absolute Gasteiger partial charge is 0.328 e. The zero-order chi connectivity index (χ0) is 17.1. The highest BCUT2D eigenvalue weighted by molar-refractivity contribution is 7.45. The second-order valence-corrected chi connectivity index (χ2v) is 5.42. The Morgan fingerprint density at radius 2 is 0.474 bits per heavy atom. The Hall–Kier alpha value is 0.640. The Morgan fingerprint density at radius 1 is 0.474 bits per heavy atom. The largest absolute Gasteiger partial charge is 0.466 e. The van der Waals surface area contributed by atoms with E-state index in [4.69, 9.17) is 72.4 Å². The molecule has 0 fully saturated rings. The van der Waals surface area contributed by atoms with Crippen molar-refractivity contribution in [3.63, 3.8) is 0 Å². The highest BCUT2D eigenvalue weighted by Crippen LogP contribution is 2.26. The van der Waals surface area contributed by atoms with Gasteiger partial charge in [-0.25, -0.2) is 13.7 Å². The molecule has 0 saturated carbocycles. The molecule has 0 amide bonds. The van der Waals surface area contributed by atoms with Gasteiger partial charge in [0.1, 0.15) is 0 Å². The van der Waals surface area contributed by atoms with Gasteiger partial charge in [-0.2, -0.15) is 0 Å². The molecular formula is H12O15P4. The molecule has 0 saturated heterocycles. The van der Waals surface area contributed by atoms with E-state index in [0.717, 1.165) is 0 Å². The first-order valence-electron chi connectivity index (χ1n) is 2.95. The third-order valence-corrected chi connectivity index (χ3v) is 0. The molecule has 12 N–H and O–H groups in total. The van der Waals surface area contributed by atoms with Crippen LogP contribution in [0.3, 0.4) is 0 Å². The lowest BCUT2D eigenvalue weighted by molar-refractivity contribution is 0.272. The predicted octanol–water partition coefficient (Wildman–Crippen LogP) is -3.60. The number of phosphoric acid groups is 3. The third kappa shape index (κ3) is 12600. The highest BCUT2D eigenvalue weighted by Gasteiger charge is 2.01. The first-order valence-corrected chi connectivity index (χ1v) is 8.84. The van der Waals surface area contributed by atoms with Crippen molar-refractivity contribution in [2.75, 3.05) is 0 Å². The maximum atomic E-state index is 8.88. The predicted molar refractivity (Wildman–Crippen MR) is 56.4 cm³/mol. The summed E-state index contributed by atoms with van der Waals surface area (Å²) in [4.78, 5) is 86.4. The average molecular weight is 376 g/mol. The van der Waals surface area contributed by atoms with Gasteiger partial charge < -0.3 is 58.7 Å².